The van der Waals surface area contributed by atoms with Crippen LogP contribution in [0.3, 0.4) is 0 Å². The Hall–Kier alpha value is -4.15. The number of carbonyl (C=O) groups is 4. The molecule has 1 aromatic carbocycles. The van der Waals surface area contributed by atoms with Crippen LogP contribution < -0.4 is 20.3 Å². The fraction of sp³-hybridized carbons (Fsp3) is 0.483. The van der Waals surface area contributed by atoms with Crippen LogP contribution in [-0.4, -0.2) is 71.6 Å². The van der Waals surface area contributed by atoms with Gasteiger partial charge in [-0.2, -0.15) is 0 Å². The second-order valence-electron chi connectivity index (χ2n) is 11.1. The van der Waals surface area contributed by atoms with E-state index < -0.39 is 47.5 Å². The summed E-state index contributed by atoms with van der Waals surface area (Å²) in [7, 11) is 2.97. The third-order valence-corrected chi connectivity index (χ3v) is 6.60. The number of nitrogens with zero attached hydrogens (tertiary/aromatic N) is 3. The highest BCUT2D eigenvalue weighted by molar-refractivity contribution is 6.09. The van der Waals surface area contributed by atoms with Crippen molar-refractivity contribution in [1.29, 1.82) is 0 Å². The molecular weight excluding hydrogens is 514 g/mol. The van der Waals surface area contributed by atoms with Crippen LogP contribution in [0.15, 0.2) is 42.6 Å². The van der Waals surface area contributed by atoms with Crippen molar-refractivity contribution in [2.45, 2.75) is 71.7 Å². The summed E-state index contributed by atoms with van der Waals surface area (Å²) in [6, 6.07) is 7.75. The molecule has 0 aliphatic carbocycles. The Bertz CT molecular complexity index is 1260. The molecule has 3 atom stereocenters. The van der Waals surface area contributed by atoms with Crippen molar-refractivity contribution < 1.29 is 28.7 Å². The minimum Gasteiger partial charge on any atom is -0.495 e. The number of benzene rings is 1. The summed E-state index contributed by atoms with van der Waals surface area (Å²) >= 11 is 0. The predicted molar refractivity (Wildman–Crippen MR) is 151 cm³/mol. The standard InChI is InChI=1S/C29H39N5O6/c1-17(2)23(32-25(35)18(3)33(7)28(38)40-29(4,5)6)27(37)34-21(16-19-12-11-15-30-24(19)34)26(36)31-20-13-9-10-14-22(20)39-8/h9-15,17-18,21,23H,16H2,1-8H3,(H,31,36)(H,32,35)/t18-,21-,23-/m0/s1. The van der Waals surface area contributed by atoms with Gasteiger partial charge in [-0.25, -0.2) is 9.78 Å². The number of hydrogen-bond donors (Lipinski definition) is 2. The van der Waals surface area contributed by atoms with Crippen LogP contribution in [0.4, 0.5) is 16.3 Å². The van der Waals surface area contributed by atoms with E-state index >= 15 is 0 Å². The number of nitrogens with one attached hydrogen (secondary N) is 2. The van der Waals surface area contributed by atoms with Gasteiger partial charge in [0, 0.05) is 19.7 Å². The molecule has 2 heterocycles. The molecule has 1 aliphatic heterocycles. The number of amides is 4. The summed E-state index contributed by atoms with van der Waals surface area (Å²) in [6.45, 7) is 10.4. The highest BCUT2D eigenvalue weighted by atomic mass is 16.6. The van der Waals surface area contributed by atoms with Crippen molar-refractivity contribution in [2.75, 3.05) is 24.4 Å². The number of para-hydroxylation sites is 2. The Kier molecular flexibility index (Phi) is 9.39. The van der Waals surface area contributed by atoms with Crippen LogP contribution in [0.2, 0.25) is 0 Å². The molecule has 0 bridgehead atoms. The number of hydrogen-bond acceptors (Lipinski definition) is 7. The van der Waals surface area contributed by atoms with Gasteiger partial charge in [0.15, 0.2) is 0 Å². The number of likely N-dealkylation sites (N-methyl/N-ethyl adjacent to an activating group) is 1. The molecular formula is C29H39N5O6. The van der Waals surface area contributed by atoms with Gasteiger partial charge in [0.2, 0.25) is 11.8 Å². The lowest BCUT2D eigenvalue weighted by molar-refractivity contribution is -0.131. The minimum atomic E-state index is -0.989. The monoisotopic (exact) mass is 553 g/mol. The van der Waals surface area contributed by atoms with Crippen molar-refractivity contribution in [3.05, 3.63) is 48.2 Å². The molecule has 1 aromatic heterocycles. The van der Waals surface area contributed by atoms with Gasteiger partial charge in [-0.3, -0.25) is 24.2 Å². The number of methoxy groups -OCH3 is 1. The number of rotatable bonds is 8. The van der Waals surface area contributed by atoms with E-state index in [1.807, 2.05) is 6.07 Å². The zero-order valence-corrected chi connectivity index (χ0v) is 24.3. The molecule has 40 heavy (non-hydrogen) atoms. The molecule has 0 saturated carbocycles. The Morgan fingerprint density at radius 1 is 1.07 bits per heavy atom. The molecule has 0 fully saturated rings. The van der Waals surface area contributed by atoms with Gasteiger partial charge in [0.25, 0.3) is 5.91 Å². The maximum absolute atomic E-state index is 14.1. The van der Waals surface area contributed by atoms with E-state index in [4.69, 9.17) is 9.47 Å². The third kappa shape index (κ3) is 6.88. The van der Waals surface area contributed by atoms with Crippen LogP contribution in [-0.2, 0) is 25.5 Å². The van der Waals surface area contributed by atoms with Gasteiger partial charge < -0.3 is 20.1 Å². The van der Waals surface area contributed by atoms with E-state index in [1.54, 1.807) is 78.1 Å². The van der Waals surface area contributed by atoms with Gasteiger partial charge in [0.1, 0.15) is 35.3 Å². The lowest BCUT2D eigenvalue weighted by atomic mass is 10.0. The van der Waals surface area contributed by atoms with Crippen LogP contribution in [0.5, 0.6) is 5.75 Å². The maximum Gasteiger partial charge on any atom is 0.410 e. The number of anilines is 2. The second kappa shape index (κ2) is 12.4. The number of ether oxygens (including phenoxy) is 2. The molecule has 1 aliphatic rings. The van der Waals surface area contributed by atoms with Crippen molar-refractivity contribution in [2.24, 2.45) is 5.92 Å². The van der Waals surface area contributed by atoms with Gasteiger partial charge in [0.05, 0.1) is 12.8 Å². The Balaban J connectivity index is 1.85. The van der Waals surface area contributed by atoms with E-state index in [0.717, 1.165) is 5.56 Å². The maximum atomic E-state index is 14.1. The SMILES string of the molecule is COc1ccccc1NC(=O)[C@@H]1Cc2cccnc2N1C(=O)[C@@H](NC(=O)[C@H](C)N(C)C(=O)OC(C)(C)C)C(C)C. The smallest absolute Gasteiger partial charge is 0.410 e. The molecule has 2 N–H and O–H groups in total. The normalized spacial score (nSPS) is 16.0. The van der Waals surface area contributed by atoms with Gasteiger partial charge >= 0.3 is 6.09 Å². The van der Waals surface area contributed by atoms with Crippen molar-refractivity contribution in [3.8, 4) is 5.75 Å². The molecule has 2 aromatic rings. The first-order chi connectivity index (χ1) is 18.7. The van der Waals surface area contributed by atoms with Gasteiger partial charge in [-0.1, -0.05) is 32.0 Å². The zero-order chi connectivity index (χ0) is 29.8. The third-order valence-electron chi connectivity index (χ3n) is 6.60. The van der Waals surface area contributed by atoms with E-state index in [0.29, 0.717) is 17.3 Å². The number of aromatic nitrogens is 1. The lowest BCUT2D eigenvalue weighted by Gasteiger charge is -2.32. The molecule has 0 unspecified atom stereocenters. The van der Waals surface area contributed by atoms with Crippen LogP contribution in [0, 0.1) is 5.92 Å². The summed E-state index contributed by atoms with van der Waals surface area (Å²) < 4.78 is 10.7. The summed E-state index contributed by atoms with van der Waals surface area (Å²) in [5.74, 6) is -0.905. The predicted octanol–water partition coefficient (Wildman–Crippen LogP) is 3.38. The van der Waals surface area contributed by atoms with E-state index in [2.05, 4.69) is 15.6 Å². The Labute approximate surface area is 235 Å². The molecule has 0 saturated heterocycles. The fourth-order valence-electron chi connectivity index (χ4n) is 4.29. The number of carbonyl (C=O) groups excluding carboxylic acids is 4. The van der Waals surface area contributed by atoms with Crippen molar-refractivity contribution in [3.63, 3.8) is 0 Å². The Morgan fingerprint density at radius 2 is 1.75 bits per heavy atom. The summed E-state index contributed by atoms with van der Waals surface area (Å²) in [5, 5.41) is 5.66. The summed E-state index contributed by atoms with van der Waals surface area (Å²) in [5.41, 5.74) is 0.481. The first-order valence-corrected chi connectivity index (χ1v) is 13.2. The molecule has 3 rings (SSSR count). The summed E-state index contributed by atoms with van der Waals surface area (Å²) in [4.78, 5) is 60.2. The lowest BCUT2D eigenvalue weighted by Crippen LogP contribution is -2.58. The molecule has 0 radical (unpaired) electrons. The van der Waals surface area contributed by atoms with Crippen LogP contribution in [0.1, 0.15) is 47.1 Å². The Morgan fingerprint density at radius 3 is 2.38 bits per heavy atom. The van der Waals surface area contributed by atoms with Gasteiger partial charge in [-0.15, -0.1) is 0 Å². The van der Waals surface area contributed by atoms with Crippen molar-refractivity contribution in [1.82, 2.24) is 15.2 Å². The molecule has 11 nitrogen and oxygen atoms in total. The molecule has 4 amide bonds. The molecule has 0 spiro atoms. The molecule has 216 valence electrons. The van der Waals surface area contributed by atoms with Crippen LogP contribution in [0.25, 0.3) is 0 Å². The average molecular weight is 554 g/mol. The largest absolute Gasteiger partial charge is 0.495 e. The van der Waals surface area contributed by atoms with E-state index in [-0.39, 0.29) is 12.3 Å². The van der Waals surface area contributed by atoms with Crippen LogP contribution >= 0.6 is 0 Å². The van der Waals surface area contributed by atoms with Crippen molar-refractivity contribution >= 4 is 35.3 Å². The number of fused-ring (bicyclic) bond motifs is 1. The highest BCUT2D eigenvalue weighted by Crippen LogP contribution is 2.33. The minimum absolute atomic E-state index is 0.256. The van der Waals surface area contributed by atoms with E-state index in [9.17, 15) is 19.2 Å². The van der Waals surface area contributed by atoms with Gasteiger partial charge in [-0.05, 0) is 57.4 Å². The first-order valence-electron chi connectivity index (χ1n) is 13.2. The summed E-state index contributed by atoms with van der Waals surface area (Å²) in [6.07, 6.45) is 1.15. The fourth-order valence-corrected chi connectivity index (χ4v) is 4.29. The quantitative estimate of drug-likeness (QED) is 0.513. The highest BCUT2D eigenvalue weighted by Gasteiger charge is 2.43. The van der Waals surface area contributed by atoms with E-state index in [1.165, 1.54) is 24.0 Å². The topological polar surface area (TPSA) is 130 Å². The average Bonchev–Trinajstić information content (AvgIpc) is 3.29. The zero-order valence-electron chi connectivity index (χ0n) is 24.3. The number of pyridine rings is 1. The second-order valence-corrected chi connectivity index (χ2v) is 11.1. The molecule has 11 heteroatoms. The first kappa shape index (κ1) is 30.4.